The SMILES string of the molecule is CC(NC(=O)Nc1ccc(Cl)c(C(F)(F)F)c1)Oc1ccc(C(C)C)cc1. The van der Waals surface area contributed by atoms with Crippen LogP contribution < -0.4 is 15.4 Å². The number of rotatable bonds is 5. The van der Waals surface area contributed by atoms with Crippen LogP contribution in [0.3, 0.4) is 0 Å². The Morgan fingerprint density at radius 2 is 1.70 bits per heavy atom. The summed E-state index contributed by atoms with van der Waals surface area (Å²) < 4.78 is 44.2. The largest absolute Gasteiger partial charge is 0.471 e. The maximum Gasteiger partial charge on any atom is 0.417 e. The highest BCUT2D eigenvalue weighted by Crippen LogP contribution is 2.36. The number of hydrogen-bond donors (Lipinski definition) is 2. The van der Waals surface area contributed by atoms with Crippen LogP contribution in [0, 0.1) is 0 Å². The minimum absolute atomic E-state index is 0.0299. The molecule has 0 saturated heterocycles. The first kappa shape index (κ1) is 20.9. The molecule has 2 N–H and O–H groups in total. The predicted octanol–water partition coefficient (Wildman–Crippen LogP) is 6.03. The standard InChI is InChI=1S/C19H20ClF3N2O2/c1-11(2)13-4-7-15(8-5-13)27-12(3)24-18(26)25-14-6-9-17(20)16(10-14)19(21,22)23/h4-12H,1-3H3,(H2,24,25,26). The average Bonchev–Trinajstić information content (AvgIpc) is 2.55. The number of hydrogen-bond acceptors (Lipinski definition) is 2. The van der Waals surface area contributed by atoms with Gasteiger partial charge < -0.3 is 15.4 Å². The Labute approximate surface area is 160 Å². The van der Waals surface area contributed by atoms with Crippen molar-refractivity contribution in [2.75, 3.05) is 5.32 Å². The van der Waals surface area contributed by atoms with E-state index in [9.17, 15) is 18.0 Å². The lowest BCUT2D eigenvalue weighted by Crippen LogP contribution is -2.39. The van der Waals surface area contributed by atoms with Crippen molar-refractivity contribution in [3.05, 3.63) is 58.6 Å². The van der Waals surface area contributed by atoms with Crippen LogP contribution in [0.15, 0.2) is 42.5 Å². The number of carbonyl (C=O) groups excluding carboxylic acids is 1. The van der Waals surface area contributed by atoms with Gasteiger partial charge in [0.25, 0.3) is 0 Å². The van der Waals surface area contributed by atoms with Crippen molar-refractivity contribution >= 4 is 23.3 Å². The fourth-order valence-corrected chi connectivity index (χ4v) is 2.56. The Morgan fingerprint density at radius 1 is 1.07 bits per heavy atom. The molecule has 0 spiro atoms. The van der Waals surface area contributed by atoms with Gasteiger partial charge in [-0.25, -0.2) is 4.79 Å². The third kappa shape index (κ3) is 6.06. The number of urea groups is 1. The van der Waals surface area contributed by atoms with Crippen LogP contribution in [0.2, 0.25) is 5.02 Å². The van der Waals surface area contributed by atoms with Crippen LogP contribution in [0.5, 0.6) is 5.75 Å². The Kier molecular flexibility index (Phi) is 6.59. The molecule has 1 unspecified atom stereocenters. The number of carbonyl (C=O) groups is 1. The summed E-state index contributed by atoms with van der Waals surface area (Å²) in [6.45, 7) is 5.76. The highest BCUT2D eigenvalue weighted by Gasteiger charge is 2.33. The molecule has 0 aliphatic rings. The van der Waals surface area contributed by atoms with Crippen LogP contribution in [0.4, 0.5) is 23.7 Å². The number of alkyl halides is 3. The highest BCUT2D eigenvalue weighted by molar-refractivity contribution is 6.31. The van der Waals surface area contributed by atoms with Gasteiger partial charge in [-0.05, 0) is 48.7 Å². The van der Waals surface area contributed by atoms with Gasteiger partial charge in [-0.3, -0.25) is 0 Å². The first-order chi connectivity index (χ1) is 12.6. The molecular formula is C19H20ClF3N2O2. The second-order valence-corrected chi connectivity index (χ2v) is 6.68. The Balaban J connectivity index is 1.95. The van der Waals surface area contributed by atoms with E-state index in [1.165, 1.54) is 6.07 Å². The quantitative estimate of drug-likeness (QED) is 0.602. The van der Waals surface area contributed by atoms with Crippen LogP contribution in [0.25, 0.3) is 0 Å². The summed E-state index contributed by atoms with van der Waals surface area (Å²) in [6.07, 6.45) is -5.30. The molecule has 2 rings (SSSR count). The van der Waals surface area contributed by atoms with Crippen LogP contribution in [-0.4, -0.2) is 12.3 Å². The molecule has 27 heavy (non-hydrogen) atoms. The summed E-state index contributed by atoms with van der Waals surface area (Å²) in [5.74, 6) is 0.958. The predicted molar refractivity (Wildman–Crippen MR) is 99.2 cm³/mol. The van der Waals surface area contributed by atoms with E-state index in [1.54, 1.807) is 19.1 Å². The normalized spacial score (nSPS) is 12.6. The first-order valence-corrected chi connectivity index (χ1v) is 8.65. The molecule has 0 bridgehead atoms. The minimum atomic E-state index is -4.61. The monoisotopic (exact) mass is 400 g/mol. The maximum absolute atomic E-state index is 12.9. The number of anilines is 1. The summed E-state index contributed by atoms with van der Waals surface area (Å²) >= 11 is 5.55. The number of benzene rings is 2. The maximum atomic E-state index is 12.9. The Hall–Kier alpha value is -2.41. The van der Waals surface area contributed by atoms with Gasteiger partial charge in [0.1, 0.15) is 5.75 Å². The molecule has 0 fully saturated rings. The molecule has 8 heteroatoms. The molecule has 0 aliphatic heterocycles. The lowest BCUT2D eigenvalue weighted by molar-refractivity contribution is -0.137. The number of amides is 2. The van der Waals surface area contributed by atoms with Gasteiger partial charge in [0.2, 0.25) is 0 Å². The van der Waals surface area contributed by atoms with Gasteiger partial charge in [0.05, 0.1) is 10.6 Å². The van der Waals surface area contributed by atoms with Crippen LogP contribution in [-0.2, 0) is 6.18 Å². The van der Waals surface area contributed by atoms with E-state index in [2.05, 4.69) is 24.5 Å². The molecule has 2 amide bonds. The van der Waals surface area contributed by atoms with Crippen LogP contribution >= 0.6 is 11.6 Å². The van der Waals surface area contributed by atoms with E-state index in [0.717, 1.165) is 17.7 Å². The molecule has 0 saturated carbocycles. The van der Waals surface area contributed by atoms with Crippen molar-refractivity contribution in [3.63, 3.8) is 0 Å². The average molecular weight is 401 g/mol. The third-order valence-corrected chi connectivity index (χ3v) is 4.05. The lowest BCUT2D eigenvalue weighted by Gasteiger charge is -2.18. The number of nitrogens with one attached hydrogen (secondary N) is 2. The molecule has 2 aromatic rings. The van der Waals surface area contributed by atoms with Gasteiger partial charge in [-0.1, -0.05) is 37.6 Å². The molecule has 2 aromatic carbocycles. The van der Waals surface area contributed by atoms with E-state index in [-0.39, 0.29) is 5.69 Å². The summed E-state index contributed by atoms with van der Waals surface area (Å²) in [6, 6.07) is 9.89. The summed E-state index contributed by atoms with van der Waals surface area (Å²) in [7, 11) is 0. The molecule has 1 atom stereocenters. The second-order valence-electron chi connectivity index (χ2n) is 6.27. The molecule has 0 aliphatic carbocycles. The Bertz CT molecular complexity index is 793. The van der Waals surface area contributed by atoms with Crippen molar-refractivity contribution < 1.29 is 22.7 Å². The lowest BCUT2D eigenvalue weighted by atomic mass is 10.0. The van der Waals surface area contributed by atoms with E-state index in [4.69, 9.17) is 16.3 Å². The van der Waals surface area contributed by atoms with Crippen molar-refractivity contribution in [2.24, 2.45) is 0 Å². The van der Waals surface area contributed by atoms with Crippen molar-refractivity contribution in [2.45, 2.75) is 39.1 Å². The molecule has 0 radical (unpaired) electrons. The summed E-state index contributed by atoms with van der Waals surface area (Å²) in [4.78, 5) is 12.0. The van der Waals surface area contributed by atoms with Gasteiger partial charge in [-0.15, -0.1) is 0 Å². The summed E-state index contributed by atoms with van der Waals surface area (Å²) in [5.41, 5.74) is 0.109. The number of halogens is 4. The fourth-order valence-electron chi connectivity index (χ4n) is 2.34. The molecule has 146 valence electrons. The highest BCUT2D eigenvalue weighted by atomic mass is 35.5. The second kappa shape index (κ2) is 8.52. The van der Waals surface area contributed by atoms with Gasteiger partial charge >= 0.3 is 12.2 Å². The van der Waals surface area contributed by atoms with E-state index < -0.39 is 29.0 Å². The zero-order chi connectivity index (χ0) is 20.2. The van der Waals surface area contributed by atoms with Crippen molar-refractivity contribution in [3.8, 4) is 5.75 Å². The van der Waals surface area contributed by atoms with Gasteiger partial charge in [0, 0.05) is 5.69 Å². The zero-order valence-electron chi connectivity index (χ0n) is 15.0. The zero-order valence-corrected chi connectivity index (χ0v) is 15.8. The van der Waals surface area contributed by atoms with Crippen LogP contribution in [0.1, 0.15) is 37.8 Å². The van der Waals surface area contributed by atoms with E-state index >= 15 is 0 Å². The minimum Gasteiger partial charge on any atom is -0.471 e. The van der Waals surface area contributed by atoms with Crippen molar-refractivity contribution in [1.82, 2.24) is 5.32 Å². The smallest absolute Gasteiger partial charge is 0.417 e. The van der Waals surface area contributed by atoms with E-state index in [1.807, 2.05) is 12.1 Å². The first-order valence-electron chi connectivity index (χ1n) is 8.27. The van der Waals surface area contributed by atoms with Crippen molar-refractivity contribution in [1.29, 1.82) is 0 Å². The van der Waals surface area contributed by atoms with Gasteiger partial charge in [-0.2, -0.15) is 13.2 Å². The third-order valence-electron chi connectivity index (χ3n) is 3.72. The molecular weight excluding hydrogens is 381 g/mol. The Morgan fingerprint density at radius 3 is 2.26 bits per heavy atom. The summed E-state index contributed by atoms with van der Waals surface area (Å²) in [5, 5.41) is 4.40. The fraction of sp³-hybridized carbons (Fsp3) is 0.316. The number of ether oxygens (including phenoxy) is 1. The molecule has 0 aromatic heterocycles. The van der Waals surface area contributed by atoms with E-state index in [0.29, 0.717) is 11.7 Å². The molecule has 0 heterocycles. The molecule has 4 nitrogen and oxygen atoms in total. The topological polar surface area (TPSA) is 50.4 Å². The van der Waals surface area contributed by atoms with Gasteiger partial charge in [0.15, 0.2) is 6.23 Å².